The molecule has 8 heteroatoms. The molecule has 0 spiro atoms. The molecule has 1 aliphatic carbocycles. The van der Waals surface area contributed by atoms with Crippen LogP contribution >= 0.6 is 0 Å². The molecule has 1 atom stereocenters. The normalized spacial score (nSPS) is 16.3. The molecule has 1 aliphatic heterocycles. The molecule has 2 heterocycles. The Morgan fingerprint density at radius 3 is 2.47 bits per heavy atom. The SMILES string of the molecule is COCCn1c2c(c(=O)[nH]c1=O)C(c1ccc(OC)cc1)C1=C(O)c3ccccc3C1=[NH+]2. The van der Waals surface area contributed by atoms with Crippen molar-refractivity contribution in [3.05, 3.63) is 97.2 Å². The van der Waals surface area contributed by atoms with E-state index in [-0.39, 0.29) is 12.3 Å². The maximum absolute atomic E-state index is 13.1. The molecule has 3 N–H and O–H groups in total. The third kappa shape index (κ3) is 2.91. The highest BCUT2D eigenvalue weighted by Gasteiger charge is 2.44. The Labute approximate surface area is 183 Å². The standard InChI is InChI=1S/C24H21N3O5/c1-31-12-11-27-22-19(23(29)26-24(27)30)17(13-7-9-14(32-2)10-8-13)18-20(25-22)15-5-3-4-6-16(15)21(18)28/h3-10,17,28H,11-12H2,1-2H3,(H,26,29,30)/p+1. The molecule has 1 unspecified atom stereocenters. The van der Waals surface area contributed by atoms with Crippen molar-refractivity contribution in [1.82, 2.24) is 9.55 Å². The number of allylic oxidation sites excluding steroid dienone is 1. The van der Waals surface area contributed by atoms with Crippen LogP contribution in [0.1, 0.15) is 28.2 Å². The van der Waals surface area contributed by atoms with Crippen LogP contribution in [0.25, 0.3) is 5.76 Å². The molecule has 5 rings (SSSR count). The lowest BCUT2D eigenvalue weighted by Crippen LogP contribution is -2.72. The number of hydrogen-bond donors (Lipinski definition) is 3. The van der Waals surface area contributed by atoms with Crippen molar-refractivity contribution in [1.29, 1.82) is 0 Å². The van der Waals surface area contributed by atoms with Crippen molar-refractivity contribution in [2.24, 2.45) is 0 Å². The van der Waals surface area contributed by atoms with E-state index in [2.05, 4.69) is 9.98 Å². The number of hydrogen-bond acceptors (Lipinski definition) is 5. The number of nitrogens with zero attached hydrogens (tertiary/aromatic N) is 1. The van der Waals surface area contributed by atoms with Crippen LogP contribution in [-0.4, -0.2) is 41.2 Å². The van der Waals surface area contributed by atoms with Crippen molar-refractivity contribution in [2.75, 3.05) is 20.8 Å². The third-order valence-corrected chi connectivity index (χ3v) is 6.00. The average Bonchev–Trinajstić information content (AvgIpc) is 3.10. The Kier molecular flexibility index (Phi) is 4.79. The van der Waals surface area contributed by atoms with Crippen molar-refractivity contribution >= 4 is 17.3 Å². The first kappa shape index (κ1) is 20.0. The number of methoxy groups -OCH3 is 2. The quantitative estimate of drug-likeness (QED) is 0.553. The minimum Gasteiger partial charge on any atom is -0.507 e. The van der Waals surface area contributed by atoms with Gasteiger partial charge in [0.1, 0.15) is 29.3 Å². The van der Waals surface area contributed by atoms with Crippen molar-refractivity contribution < 1.29 is 19.6 Å². The molecule has 0 saturated heterocycles. The topological polar surface area (TPSA) is 108 Å². The highest BCUT2D eigenvalue weighted by Crippen LogP contribution is 2.43. The molecule has 0 saturated carbocycles. The zero-order valence-electron chi connectivity index (χ0n) is 17.6. The fourth-order valence-corrected chi connectivity index (χ4v) is 4.51. The Morgan fingerprint density at radius 1 is 1.06 bits per heavy atom. The lowest BCUT2D eigenvalue weighted by molar-refractivity contribution is -0.364. The molecule has 8 nitrogen and oxygen atoms in total. The van der Waals surface area contributed by atoms with Crippen LogP contribution < -0.4 is 21.0 Å². The first-order valence-electron chi connectivity index (χ1n) is 10.2. The van der Waals surface area contributed by atoms with Gasteiger partial charge >= 0.3 is 5.69 Å². The zero-order chi connectivity index (χ0) is 22.4. The van der Waals surface area contributed by atoms with Gasteiger partial charge in [0, 0.05) is 18.2 Å². The molecule has 0 radical (unpaired) electrons. The second-order valence-electron chi connectivity index (χ2n) is 7.68. The van der Waals surface area contributed by atoms with E-state index >= 15 is 0 Å². The monoisotopic (exact) mass is 432 g/mol. The Bertz CT molecular complexity index is 1400. The smallest absolute Gasteiger partial charge is 0.415 e. The van der Waals surface area contributed by atoms with Crippen LogP contribution in [0.15, 0.2) is 63.7 Å². The molecule has 1 aromatic heterocycles. The van der Waals surface area contributed by atoms with E-state index in [0.717, 1.165) is 11.1 Å². The molecular formula is C24H22N3O5+. The summed E-state index contributed by atoms with van der Waals surface area (Å²) in [6, 6.07) is 14.8. The average molecular weight is 432 g/mol. The maximum atomic E-state index is 13.1. The second-order valence-corrected chi connectivity index (χ2v) is 7.68. The van der Waals surface area contributed by atoms with Crippen LogP contribution in [0.5, 0.6) is 5.75 Å². The summed E-state index contributed by atoms with van der Waals surface area (Å²) in [5.41, 5.74) is 2.92. The number of ether oxygens (including phenoxy) is 2. The Morgan fingerprint density at radius 2 is 1.78 bits per heavy atom. The molecule has 0 fully saturated rings. The number of aliphatic hydroxyl groups excluding tert-OH is 1. The summed E-state index contributed by atoms with van der Waals surface area (Å²) in [4.78, 5) is 31.5. The fourth-order valence-electron chi connectivity index (χ4n) is 4.51. The molecule has 2 aromatic carbocycles. The fraction of sp³-hybridized carbons (Fsp3) is 0.208. The van der Waals surface area contributed by atoms with Gasteiger partial charge in [-0.25, -0.2) is 9.79 Å². The van der Waals surface area contributed by atoms with Gasteiger partial charge in [-0.15, -0.1) is 0 Å². The van der Waals surface area contributed by atoms with Crippen LogP contribution in [-0.2, 0) is 11.3 Å². The summed E-state index contributed by atoms with van der Waals surface area (Å²) in [6.07, 6.45) is 0. The number of aromatic amines is 1. The van der Waals surface area contributed by atoms with Crippen LogP contribution in [0.3, 0.4) is 0 Å². The lowest BCUT2D eigenvalue weighted by Gasteiger charge is -2.23. The molecule has 2 aliphatic rings. The van der Waals surface area contributed by atoms with Crippen LogP contribution in [0.4, 0.5) is 5.82 Å². The largest absolute Gasteiger partial charge is 0.507 e. The molecule has 0 amide bonds. The van der Waals surface area contributed by atoms with E-state index in [1.54, 1.807) is 14.2 Å². The second kappa shape index (κ2) is 7.65. The highest BCUT2D eigenvalue weighted by molar-refractivity contribution is 6.21. The van der Waals surface area contributed by atoms with Crippen LogP contribution in [0, 0.1) is 0 Å². The lowest BCUT2D eigenvalue weighted by atomic mass is 9.81. The first-order chi connectivity index (χ1) is 15.5. The van der Waals surface area contributed by atoms with E-state index in [1.165, 1.54) is 4.57 Å². The molecule has 3 aromatic rings. The first-order valence-corrected chi connectivity index (χ1v) is 10.2. The molecule has 0 bridgehead atoms. The number of benzene rings is 2. The van der Waals surface area contributed by atoms with Crippen LogP contribution in [0.2, 0.25) is 0 Å². The van der Waals surface area contributed by atoms with Crippen molar-refractivity contribution in [3.8, 4) is 5.75 Å². The third-order valence-electron chi connectivity index (χ3n) is 6.00. The minimum absolute atomic E-state index is 0.114. The summed E-state index contributed by atoms with van der Waals surface area (Å²) < 4.78 is 11.9. The Hall–Kier alpha value is -3.91. The van der Waals surface area contributed by atoms with Crippen molar-refractivity contribution in [3.63, 3.8) is 0 Å². The van der Waals surface area contributed by atoms with Gasteiger partial charge in [0.15, 0.2) is 0 Å². The van der Waals surface area contributed by atoms with E-state index in [4.69, 9.17) is 9.47 Å². The van der Waals surface area contributed by atoms with Crippen molar-refractivity contribution in [2.45, 2.75) is 12.5 Å². The number of aliphatic hydroxyl groups is 1. The molecule has 32 heavy (non-hydrogen) atoms. The summed E-state index contributed by atoms with van der Waals surface area (Å²) in [5, 5.41) is 11.2. The zero-order valence-corrected chi connectivity index (χ0v) is 17.6. The van der Waals surface area contributed by atoms with Gasteiger partial charge < -0.3 is 14.6 Å². The summed E-state index contributed by atoms with van der Waals surface area (Å²) in [6.45, 7) is 0.559. The van der Waals surface area contributed by atoms with E-state index < -0.39 is 17.2 Å². The number of rotatable bonds is 5. The van der Waals surface area contributed by atoms with Gasteiger partial charge in [-0.1, -0.05) is 30.3 Å². The summed E-state index contributed by atoms with van der Waals surface area (Å²) >= 11 is 0. The summed E-state index contributed by atoms with van der Waals surface area (Å²) in [7, 11) is 3.14. The number of aromatic nitrogens is 2. The number of fused-ring (bicyclic) bond motifs is 4. The van der Waals surface area contributed by atoms with Gasteiger partial charge in [-0.3, -0.25) is 9.78 Å². The van der Waals surface area contributed by atoms with E-state index in [1.807, 2.05) is 48.5 Å². The number of H-pyrrole nitrogens is 1. The number of nitrogens with one attached hydrogen (secondary N) is 2. The van der Waals surface area contributed by atoms with E-state index in [9.17, 15) is 14.7 Å². The highest BCUT2D eigenvalue weighted by atomic mass is 16.5. The van der Waals surface area contributed by atoms with Gasteiger partial charge in [0.05, 0.1) is 25.2 Å². The summed E-state index contributed by atoms with van der Waals surface area (Å²) in [5.74, 6) is 0.611. The van der Waals surface area contributed by atoms with Gasteiger partial charge in [-0.2, -0.15) is 4.57 Å². The van der Waals surface area contributed by atoms with E-state index in [0.29, 0.717) is 40.6 Å². The minimum atomic E-state index is -0.585. The van der Waals surface area contributed by atoms with Gasteiger partial charge in [-0.05, 0) is 23.8 Å². The maximum Gasteiger partial charge on any atom is 0.415 e. The predicted octanol–water partition coefficient (Wildman–Crippen LogP) is 0.821. The molecular weight excluding hydrogens is 410 g/mol. The Balaban J connectivity index is 1.85. The van der Waals surface area contributed by atoms with Gasteiger partial charge in [0.2, 0.25) is 0 Å². The van der Waals surface area contributed by atoms with Gasteiger partial charge in [0.25, 0.3) is 11.4 Å². The predicted molar refractivity (Wildman–Crippen MR) is 119 cm³/mol. The molecule has 162 valence electrons.